The Morgan fingerprint density at radius 2 is 2.11 bits per heavy atom. The van der Waals surface area contributed by atoms with Crippen LogP contribution in [0.5, 0.6) is 0 Å². The van der Waals surface area contributed by atoms with Gasteiger partial charge in [0.05, 0.1) is 29.0 Å². The van der Waals surface area contributed by atoms with Gasteiger partial charge in [0.2, 0.25) is 0 Å². The highest BCUT2D eigenvalue weighted by Crippen LogP contribution is 2.24. The standard InChI is InChI=1S/C19H29N5O2S2/c1-6-15-24-14(11-27-15)9-10-21-19(20-7-2)23-13(5)17-22-12(4)16(28-17)18(25)26-8-3/h11,13H,6-10H2,1-5H3,(H2,20,21,23). The number of hydrogen-bond acceptors (Lipinski definition) is 7. The summed E-state index contributed by atoms with van der Waals surface area (Å²) in [6.07, 6.45) is 1.78. The van der Waals surface area contributed by atoms with Crippen LogP contribution < -0.4 is 10.6 Å². The zero-order valence-electron chi connectivity index (χ0n) is 17.2. The molecule has 9 heteroatoms. The zero-order valence-corrected chi connectivity index (χ0v) is 18.8. The second-order valence-electron chi connectivity index (χ2n) is 6.15. The molecule has 2 heterocycles. The quantitative estimate of drug-likeness (QED) is 0.365. The number of hydrogen-bond donors (Lipinski definition) is 2. The topological polar surface area (TPSA) is 88.5 Å². The Hall–Kier alpha value is -2.00. The third-order valence-electron chi connectivity index (χ3n) is 3.88. The Morgan fingerprint density at radius 3 is 2.75 bits per heavy atom. The molecule has 1 atom stereocenters. The Morgan fingerprint density at radius 1 is 1.32 bits per heavy atom. The smallest absolute Gasteiger partial charge is 0.350 e. The van der Waals surface area contributed by atoms with E-state index in [1.807, 2.05) is 20.8 Å². The number of carbonyl (C=O) groups excluding carboxylic acids is 1. The van der Waals surface area contributed by atoms with Crippen LogP contribution in [0.25, 0.3) is 0 Å². The first-order valence-electron chi connectivity index (χ1n) is 9.60. The van der Waals surface area contributed by atoms with Crippen LogP contribution in [0, 0.1) is 6.92 Å². The molecule has 2 aromatic heterocycles. The summed E-state index contributed by atoms with van der Waals surface area (Å²) >= 11 is 3.06. The lowest BCUT2D eigenvalue weighted by molar-refractivity contribution is 0.0531. The lowest BCUT2D eigenvalue weighted by Crippen LogP contribution is -2.38. The minimum absolute atomic E-state index is 0.0735. The molecule has 0 aliphatic heterocycles. The number of guanidine groups is 1. The third-order valence-corrected chi connectivity index (χ3v) is 6.24. The maximum Gasteiger partial charge on any atom is 0.350 e. The van der Waals surface area contributed by atoms with Crippen LogP contribution in [0.1, 0.15) is 64.8 Å². The van der Waals surface area contributed by atoms with E-state index in [-0.39, 0.29) is 12.0 Å². The van der Waals surface area contributed by atoms with Crippen molar-refractivity contribution < 1.29 is 9.53 Å². The highest BCUT2D eigenvalue weighted by molar-refractivity contribution is 7.13. The van der Waals surface area contributed by atoms with E-state index in [0.717, 1.165) is 41.1 Å². The van der Waals surface area contributed by atoms with Crippen molar-refractivity contribution in [1.29, 1.82) is 0 Å². The monoisotopic (exact) mass is 423 g/mol. The molecule has 2 rings (SSSR count). The molecule has 0 bridgehead atoms. The van der Waals surface area contributed by atoms with Gasteiger partial charge < -0.3 is 15.4 Å². The van der Waals surface area contributed by atoms with Gasteiger partial charge in [0.1, 0.15) is 9.88 Å². The van der Waals surface area contributed by atoms with Gasteiger partial charge >= 0.3 is 5.97 Å². The van der Waals surface area contributed by atoms with Gasteiger partial charge in [-0.3, -0.25) is 4.99 Å². The lowest BCUT2D eigenvalue weighted by atomic mass is 10.3. The van der Waals surface area contributed by atoms with Gasteiger partial charge in [-0.25, -0.2) is 14.8 Å². The van der Waals surface area contributed by atoms with Crippen molar-refractivity contribution in [2.24, 2.45) is 4.99 Å². The fourth-order valence-corrected chi connectivity index (χ4v) is 4.23. The number of ether oxygens (including phenoxy) is 1. The van der Waals surface area contributed by atoms with Crippen LogP contribution in [0.3, 0.4) is 0 Å². The first kappa shape index (κ1) is 22.3. The molecule has 0 amide bonds. The highest BCUT2D eigenvalue weighted by atomic mass is 32.1. The molecular weight excluding hydrogens is 394 g/mol. The number of nitrogens with one attached hydrogen (secondary N) is 2. The summed E-state index contributed by atoms with van der Waals surface area (Å²) in [6, 6.07) is -0.0735. The normalized spacial score (nSPS) is 12.7. The summed E-state index contributed by atoms with van der Waals surface area (Å²) in [4.78, 5) is 26.3. The lowest BCUT2D eigenvalue weighted by Gasteiger charge is -2.15. The second kappa shape index (κ2) is 11.1. The van der Waals surface area contributed by atoms with Crippen LogP contribution in [0.15, 0.2) is 10.4 Å². The summed E-state index contributed by atoms with van der Waals surface area (Å²) in [6.45, 7) is 11.6. The Kier molecular flexibility index (Phi) is 8.85. The van der Waals surface area contributed by atoms with Crippen LogP contribution in [-0.2, 0) is 17.6 Å². The number of carbonyl (C=O) groups is 1. The largest absolute Gasteiger partial charge is 0.462 e. The van der Waals surface area contributed by atoms with E-state index in [1.165, 1.54) is 11.3 Å². The van der Waals surface area contributed by atoms with Gasteiger partial charge in [-0.15, -0.1) is 22.7 Å². The maximum absolute atomic E-state index is 12.0. The van der Waals surface area contributed by atoms with Crippen molar-refractivity contribution >= 4 is 34.6 Å². The first-order chi connectivity index (χ1) is 13.5. The Balaban J connectivity index is 2.00. The number of aryl methyl sites for hydroxylation is 2. The fourth-order valence-electron chi connectivity index (χ4n) is 2.48. The molecule has 1 unspecified atom stereocenters. The van der Waals surface area contributed by atoms with Crippen molar-refractivity contribution in [3.05, 3.63) is 31.7 Å². The number of nitrogens with zero attached hydrogens (tertiary/aromatic N) is 3. The van der Waals surface area contributed by atoms with E-state index in [0.29, 0.717) is 23.7 Å². The summed E-state index contributed by atoms with van der Waals surface area (Å²) in [5.41, 5.74) is 1.79. The fraction of sp³-hybridized carbons (Fsp3) is 0.579. The van der Waals surface area contributed by atoms with E-state index < -0.39 is 0 Å². The number of esters is 1. The molecule has 2 N–H and O–H groups in total. The van der Waals surface area contributed by atoms with Crippen molar-refractivity contribution in [2.75, 3.05) is 19.7 Å². The molecule has 0 saturated heterocycles. The van der Waals surface area contributed by atoms with E-state index in [2.05, 4.69) is 37.9 Å². The van der Waals surface area contributed by atoms with Crippen LogP contribution in [0.2, 0.25) is 0 Å². The predicted molar refractivity (Wildman–Crippen MR) is 116 cm³/mol. The van der Waals surface area contributed by atoms with E-state index in [4.69, 9.17) is 4.74 Å². The molecule has 0 aromatic carbocycles. The average molecular weight is 424 g/mol. The summed E-state index contributed by atoms with van der Waals surface area (Å²) in [7, 11) is 0. The van der Waals surface area contributed by atoms with Gasteiger partial charge in [-0.2, -0.15) is 0 Å². The molecule has 7 nitrogen and oxygen atoms in total. The molecule has 0 aliphatic rings. The van der Waals surface area contributed by atoms with Crippen LogP contribution >= 0.6 is 22.7 Å². The number of aliphatic imine (C=N–C) groups is 1. The molecular formula is C19H29N5O2S2. The summed E-state index contributed by atoms with van der Waals surface area (Å²) < 4.78 is 5.10. The minimum atomic E-state index is -0.314. The molecule has 2 aromatic rings. The zero-order chi connectivity index (χ0) is 20.5. The molecule has 0 radical (unpaired) electrons. The molecule has 0 aliphatic carbocycles. The Bertz CT molecular complexity index is 800. The van der Waals surface area contributed by atoms with E-state index in [9.17, 15) is 4.79 Å². The van der Waals surface area contributed by atoms with E-state index in [1.54, 1.807) is 18.3 Å². The van der Waals surface area contributed by atoms with Crippen molar-refractivity contribution in [3.63, 3.8) is 0 Å². The van der Waals surface area contributed by atoms with Gasteiger partial charge in [0.25, 0.3) is 0 Å². The maximum atomic E-state index is 12.0. The van der Waals surface area contributed by atoms with Crippen molar-refractivity contribution in [2.45, 2.75) is 53.5 Å². The van der Waals surface area contributed by atoms with Gasteiger partial charge in [0.15, 0.2) is 5.96 Å². The van der Waals surface area contributed by atoms with Crippen molar-refractivity contribution in [1.82, 2.24) is 20.6 Å². The SMILES string of the molecule is CCNC(=NCCc1csc(CC)n1)NC(C)c1nc(C)c(C(=O)OCC)s1. The Labute approximate surface area is 174 Å². The second-order valence-corrected chi connectivity index (χ2v) is 8.12. The minimum Gasteiger partial charge on any atom is -0.462 e. The molecule has 0 saturated carbocycles. The van der Waals surface area contributed by atoms with Gasteiger partial charge in [-0.05, 0) is 34.1 Å². The third kappa shape index (κ3) is 6.27. The number of rotatable bonds is 9. The number of aromatic nitrogens is 2. The average Bonchev–Trinajstić information content (AvgIpc) is 3.28. The summed E-state index contributed by atoms with van der Waals surface area (Å²) in [5.74, 6) is 0.415. The molecule has 28 heavy (non-hydrogen) atoms. The number of thiazole rings is 2. The van der Waals surface area contributed by atoms with Crippen LogP contribution in [-0.4, -0.2) is 41.6 Å². The molecule has 0 spiro atoms. The van der Waals surface area contributed by atoms with Crippen molar-refractivity contribution in [3.8, 4) is 0 Å². The van der Waals surface area contributed by atoms with E-state index >= 15 is 0 Å². The van der Waals surface area contributed by atoms with Gasteiger partial charge in [0, 0.05) is 24.9 Å². The van der Waals surface area contributed by atoms with Crippen LogP contribution in [0.4, 0.5) is 0 Å². The predicted octanol–water partition coefficient (Wildman–Crippen LogP) is 3.51. The van der Waals surface area contributed by atoms with Gasteiger partial charge in [-0.1, -0.05) is 6.92 Å². The highest BCUT2D eigenvalue weighted by Gasteiger charge is 2.20. The molecule has 154 valence electrons. The first-order valence-corrected chi connectivity index (χ1v) is 11.3. The molecule has 0 fully saturated rings. The summed E-state index contributed by atoms with van der Waals surface area (Å²) in [5, 5.41) is 10.7.